The van der Waals surface area contributed by atoms with E-state index < -0.39 is 15.0 Å². The van der Waals surface area contributed by atoms with Gasteiger partial charge in [-0.3, -0.25) is 4.99 Å². The Morgan fingerprint density at radius 1 is 0.972 bits per heavy atom. The molecule has 0 amide bonds. The van der Waals surface area contributed by atoms with E-state index in [1.165, 1.54) is 53.2 Å². The monoisotopic (exact) mass is 655 g/mol. The van der Waals surface area contributed by atoms with Gasteiger partial charge in [0.05, 0.1) is 10.6 Å². The third-order valence-electron chi connectivity index (χ3n) is 3.98. The average Bonchev–Trinajstić information content (AvgIpc) is 3.01. The molecule has 0 spiro atoms. The summed E-state index contributed by atoms with van der Waals surface area (Å²) in [4.78, 5) is 3.63. The molecule has 0 bridgehead atoms. The molecule has 0 saturated carbocycles. The molecule has 0 atom stereocenters. The van der Waals surface area contributed by atoms with Crippen LogP contribution >= 0.6 is 34.9 Å². The molecule has 4 aromatic rings. The minimum Gasteiger partial charge on any atom is -0.744 e. The molecular formula is C20H16NNaNiO7S6. The van der Waals surface area contributed by atoms with Crippen LogP contribution in [0.3, 0.4) is 0 Å². The second kappa shape index (κ2) is 16.2. The number of rotatable bonds is 3. The van der Waals surface area contributed by atoms with Crippen molar-refractivity contribution in [1.82, 2.24) is 0 Å². The molecule has 36 heavy (non-hydrogen) atoms. The van der Waals surface area contributed by atoms with Gasteiger partial charge >= 0.3 is 46.0 Å². The number of hydrogen-bond acceptors (Lipinski definition) is 11. The fourth-order valence-electron chi connectivity index (χ4n) is 2.63. The number of phenols is 2. The zero-order valence-corrected chi connectivity index (χ0v) is 26.0. The van der Waals surface area contributed by atoms with Gasteiger partial charge in [-0.1, -0.05) is 30.3 Å². The van der Waals surface area contributed by atoms with Crippen LogP contribution in [-0.2, 0) is 51.9 Å². The van der Waals surface area contributed by atoms with Gasteiger partial charge in [0.1, 0.15) is 21.6 Å². The number of benzene rings is 3. The zero-order valence-electron chi connectivity index (χ0n) is 18.1. The predicted molar refractivity (Wildman–Crippen MR) is 140 cm³/mol. The molecule has 0 saturated heterocycles. The van der Waals surface area contributed by atoms with Crippen molar-refractivity contribution < 1.29 is 80.2 Å². The van der Waals surface area contributed by atoms with E-state index in [1.54, 1.807) is 24.3 Å². The molecular weight excluding hydrogens is 640 g/mol. The van der Waals surface area contributed by atoms with E-state index in [0.29, 0.717) is 5.39 Å². The number of aliphatic imine (C=N–C) groups is 1. The third kappa shape index (κ3) is 9.84. The Morgan fingerprint density at radius 2 is 1.56 bits per heavy atom. The van der Waals surface area contributed by atoms with Gasteiger partial charge in [0.2, 0.25) is 0 Å². The maximum Gasteiger partial charge on any atom is 2.00 e. The molecule has 4 rings (SSSR count). The summed E-state index contributed by atoms with van der Waals surface area (Å²) in [6.07, 6.45) is 1.23. The standard InChI is InChI=1S/C17H13NO5S.C3H2S5.Na.Ni.2H2O/c19-13-7-5-12(16(20)9-13)10-18-15-8-6-11-3-1-2-4-14(11)17(15)24(21,22)23;4-1-2(5)8-3(6)7-1;;;;/h1-10,19-20H,(H,21,22,23);4-5H;;;2*1H2/q;;+1;+2;;/p-3. The summed E-state index contributed by atoms with van der Waals surface area (Å²) in [6, 6.07) is 13.6. The van der Waals surface area contributed by atoms with Crippen molar-refractivity contribution >= 4 is 92.9 Å². The fourth-order valence-corrected chi connectivity index (χ4v) is 6.73. The molecule has 0 aliphatic heterocycles. The Balaban J connectivity index is 0. The van der Waals surface area contributed by atoms with Gasteiger partial charge in [-0.15, -0.1) is 20.6 Å². The smallest absolute Gasteiger partial charge is 0.744 e. The first-order valence-electron chi connectivity index (χ1n) is 8.58. The Labute approximate surface area is 263 Å². The summed E-state index contributed by atoms with van der Waals surface area (Å²) in [6.45, 7) is 0. The quantitative estimate of drug-likeness (QED) is 0.106. The molecule has 6 N–H and O–H groups in total. The Morgan fingerprint density at radius 3 is 2.06 bits per heavy atom. The van der Waals surface area contributed by atoms with E-state index in [2.05, 4.69) is 4.99 Å². The van der Waals surface area contributed by atoms with Crippen LogP contribution in [0.5, 0.6) is 11.5 Å². The van der Waals surface area contributed by atoms with Crippen LogP contribution in [0.15, 0.2) is 72.9 Å². The van der Waals surface area contributed by atoms with E-state index >= 15 is 0 Å². The minimum absolute atomic E-state index is 0. The molecule has 0 fully saturated rings. The van der Waals surface area contributed by atoms with Crippen LogP contribution in [0.1, 0.15) is 5.56 Å². The van der Waals surface area contributed by atoms with Crippen molar-refractivity contribution in [3.63, 3.8) is 0 Å². The van der Waals surface area contributed by atoms with Crippen molar-refractivity contribution in [2.45, 2.75) is 13.3 Å². The van der Waals surface area contributed by atoms with Crippen molar-refractivity contribution in [3.8, 4) is 11.5 Å². The molecule has 3 aromatic carbocycles. The van der Waals surface area contributed by atoms with Gasteiger partial charge in [-0.2, -0.15) is 0 Å². The number of phenolic OH excluding ortho intramolecular Hbond substituents is 2. The van der Waals surface area contributed by atoms with Crippen molar-refractivity contribution in [2.75, 3.05) is 0 Å². The Kier molecular flexibility index (Phi) is 16.9. The van der Waals surface area contributed by atoms with E-state index in [4.69, 9.17) is 37.5 Å². The molecule has 0 aliphatic carbocycles. The molecule has 1 heterocycles. The largest absolute Gasteiger partial charge is 2.00 e. The maximum absolute atomic E-state index is 11.7. The molecule has 16 heteroatoms. The van der Waals surface area contributed by atoms with E-state index in [0.717, 1.165) is 17.6 Å². The van der Waals surface area contributed by atoms with E-state index in [-0.39, 0.29) is 85.1 Å². The first-order valence-corrected chi connectivity index (χ1v) is 12.8. The minimum atomic E-state index is -4.75. The summed E-state index contributed by atoms with van der Waals surface area (Å²) in [7, 11) is -4.75. The van der Waals surface area contributed by atoms with Crippen LogP contribution < -0.4 is 29.6 Å². The van der Waals surface area contributed by atoms with E-state index in [1.807, 2.05) is 0 Å². The second-order valence-electron chi connectivity index (χ2n) is 6.12. The van der Waals surface area contributed by atoms with Crippen LogP contribution in [0.25, 0.3) is 10.8 Å². The average molecular weight is 656 g/mol. The van der Waals surface area contributed by atoms with Gasteiger partial charge in [-0.05, 0) is 26.7 Å². The molecule has 0 aliphatic rings. The number of nitrogens with zero attached hydrogens (tertiary/aromatic N) is 1. The SMILES string of the molecule is O.O.O=S(=O)([O-])c1c(N=Cc2ccc(O)cc2O)ccc2ccccc12.S=c1sc([S-])c([S-])s1.[Na+].[Ni+2]. The molecule has 1 aromatic heterocycles. The number of fused-ring (bicyclic) bond motifs is 1. The zero-order chi connectivity index (χ0) is 23.5. The fraction of sp³-hybridized carbons (Fsp3) is 0. The van der Waals surface area contributed by atoms with E-state index in [9.17, 15) is 23.2 Å². The van der Waals surface area contributed by atoms with Crippen LogP contribution in [-0.4, -0.2) is 40.4 Å². The maximum atomic E-state index is 11.7. The first kappa shape index (κ1) is 37.4. The Hall–Kier alpha value is -0.776. The number of hydrogen-bond donors (Lipinski definition) is 2. The van der Waals surface area contributed by atoms with Crippen molar-refractivity contribution in [2.24, 2.45) is 4.99 Å². The van der Waals surface area contributed by atoms with Gasteiger partial charge in [0.25, 0.3) is 0 Å². The van der Waals surface area contributed by atoms with Crippen molar-refractivity contribution in [3.05, 3.63) is 63.3 Å². The van der Waals surface area contributed by atoms with Gasteiger partial charge < -0.3 is 73.6 Å². The molecule has 190 valence electrons. The van der Waals surface area contributed by atoms with Crippen LogP contribution in [0.4, 0.5) is 5.69 Å². The summed E-state index contributed by atoms with van der Waals surface area (Å²) in [5.74, 6) is -0.329. The summed E-state index contributed by atoms with van der Waals surface area (Å²) >= 11 is 17.3. The summed E-state index contributed by atoms with van der Waals surface area (Å²) in [5.41, 5.74) is 0.256. The normalized spacial score (nSPS) is 10.1. The second-order valence-corrected chi connectivity index (χ2v) is 12.0. The summed E-state index contributed by atoms with van der Waals surface area (Å²) < 4.78 is 37.4. The van der Waals surface area contributed by atoms with Gasteiger partial charge in [-0.25, -0.2) is 8.42 Å². The molecule has 0 radical (unpaired) electrons. The predicted octanol–water partition coefficient (Wildman–Crippen LogP) is 0.608. The third-order valence-corrected chi connectivity index (χ3v) is 8.45. The van der Waals surface area contributed by atoms with Crippen LogP contribution in [0, 0.1) is 3.14 Å². The molecule has 0 unspecified atom stereocenters. The number of aromatic hydroxyl groups is 2. The van der Waals surface area contributed by atoms with Gasteiger partial charge in [0.15, 0.2) is 0 Å². The molecule has 8 nitrogen and oxygen atoms in total. The van der Waals surface area contributed by atoms with Crippen LogP contribution in [0.2, 0.25) is 0 Å². The first-order chi connectivity index (χ1) is 15.1. The van der Waals surface area contributed by atoms with Gasteiger partial charge in [0, 0.05) is 23.2 Å². The van der Waals surface area contributed by atoms with Crippen molar-refractivity contribution in [1.29, 1.82) is 0 Å². The summed E-state index contributed by atoms with van der Waals surface area (Å²) in [5, 5.41) is 19.9. The topological polar surface area (TPSA) is 173 Å². The Bertz CT molecular complexity index is 1470.